The Bertz CT molecular complexity index is 888. The Balaban J connectivity index is 1.64. The molecule has 0 aliphatic carbocycles. The van der Waals surface area contributed by atoms with Crippen LogP contribution < -0.4 is 15.4 Å². The van der Waals surface area contributed by atoms with Crippen LogP contribution in [0, 0.1) is 0 Å². The van der Waals surface area contributed by atoms with E-state index in [0.717, 1.165) is 5.56 Å². The molecule has 0 aliphatic rings. The van der Waals surface area contributed by atoms with Crippen molar-refractivity contribution in [2.75, 3.05) is 17.7 Å². The molecule has 26 heavy (non-hydrogen) atoms. The minimum absolute atomic E-state index is 0.182. The molecule has 1 aromatic carbocycles. The van der Waals surface area contributed by atoms with Crippen LogP contribution in [-0.4, -0.2) is 28.2 Å². The molecule has 0 unspecified atom stereocenters. The standard InChI is InChI=1S/C18H16ClN5O2/c1-26-16-4-2-13(19)10-15(16)22-18(25)14-3-5-17(24-23-14)21-11-12-6-8-20-9-7-12/h2-10H,11H2,1H3,(H,21,24)(H,22,25). The van der Waals surface area contributed by atoms with Crippen molar-refractivity contribution < 1.29 is 9.53 Å². The van der Waals surface area contributed by atoms with Gasteiger partial charge in [-0.3, -0.25) is 9.78 Å². The van der Waals surface area contributed by atoms with E-state index in [2.05, 4.69) is 25.8 Å². The maximum absolute atomic E-state index is 12.3. The van der Waals surface area contributed by atoms with Crippen LogP contribution in [0.4, 0.5) is 11.5 Å². The number of halogens is 1. The lowest BCUT2D eigenvalue weighted by Crippen LogP contribution is -2.15. The summed E-state index contributed by atoms with van der Waals surface area (Å²) < 4.78 is 5.21. The van der Waals surface area contributed by atoms with Crippen molar-refractivity contribution in [2.45, 2.75) is 6.54 Å². The summed E-state index contributed by atoms with van der Waals surface area (Å²) in [4.78, 5) is 16.3. The highest BCUT2D eigenvalue weighted by molar-refractivity contribution is 6.31. The number of aromatic nitrogens is 3. The number of hydrogen-bond donors (Lipinski definition) is 2. The zero-order chi connectivity index (χ0) is 18.4. The van der Waals surface area contributed by atoms with Gasteiger partial charge in [-0.2, -0.15) is 0 Å². The van der Waals surface area contributed by atoms with Gasteiger partial charge in [-0.05, 0) is 48.0 Å². The Morgan fingerprint density at radius 1 is 1.12 bits per heavy atom. The molecule has 2 N–H and O–H groups in total. The molecule has 0 radical (unpaired) electrons. The van der Waals surface area contributed by atoms with Crippen LogP contribution in [0.3, 0.4) is 0 Å². The number of carbonyl (C=O) groups is 1. The Morgan fingerprint density at radius 2 is 1.92 bits per heavy atom. The zero-order valence-corrected chi connectivity index (χ0v) is 14.7. The van der Waals surface area contributed by atoms with E-state index in [-0.39, 0.29) is 5.69 Å². The fourth-order valence-electron chi connectivity index (χ4n) is 2.21. The van der Waals surface area contributed by atoms with Crippen LogP contribution >= 0.6 is 11.6 Å². The van der Waals surface area contributed by atoms with Crippen LogP contribution in [-0.2, 0) is 6.54 Å². The fourth-order valence-corrected chi connectivity index (χ4v) is 2.38. The SMILES string of the molecule is COc1ccc(Cl)cc1NC(=O)c1ccc(NCc2ccncc2)nn1. The third-order valence-corrected chi connectivity index (χ3v) is 3.76. The number of ether oxygens (including phenoxy) is 1. The molecule has 3 aromatic rings. The second-order valence-corrected chi connectivity index (χ2v) is 5.75. The number of anilines is 2. The smallest absolute Gasteiger partial charge is 0.276 e. The molecule has 0 spiro atoms. The zero-order valence-electron chi connectivity index (χ0n) is 13.9. The Morgan fingerprint density at radius 3 is 2.62 bits per heavy atom. The van der Waals surface area contributed by atoms with Crippen molar-refractivity contribution in [2.24, 2.45) is 0 Å². The first-order chi connectivity index (χ1) is 12.7. The van der Waals surface area contributed by atoms with E-state index in [0.29, 0.717) is 28.8 Å². The van der Waals surface area contributed by atoms with Gasteiger partial charge in [0.1, 0.15) is 11.6 Å². The first-order valence-electron chi connectivity index (χ1n) is 7.77. The number of benzene rings is 1. The Labute approximate surface area is 155 Å². The summed E-state index contributed by atoms with van der Waals surface area (Å²) >= 11 is 5.96. The van der Waals surface area contributed by atoms with Crippen LogP contribution in [0.5, 0.6) is 5.75 Å². The highest BCUT2D eigenvalue weighted by Crippen LogP contribution is 2.27. The predicted octanol–water partition coefficient (Wildman–Crippen LogP) is 3.40. The number of methoxy groups -OCH3 is 1. The third-order valence-electron chi connectivity index (χ3n) is 3.53. The van der Waals surface area contributed by atoms with Gasteiger partial charge >= 0.3 is 0 Å². The van der Waals surface area contributed by atoms with Crippen molar-refractivity contribution >= 4 is 29.0 Å². The van der Waals surface area contributed by atoms with Crippen molar-refractivity contribution in [3.05, 3.63) is 71.1 Å². The lowest BCUT2D eigenvalue weighted by Gasteiger charge is -2.10. The van der Waals surface area contributed by atoms with E-state index in [1.54, 1.807) is 42.7 Å². The number of hydrogen-bond acceptors (Lipinski definition) is 6. The van der Waals surface area contributed by atoms with Gasteiger partial charge in [0.15, 0.2) is 5.69 Å². The van der Waals surface area contributed by atoms with Gasteiger partial charge in [0.2, 0.25) is 0 Å². The van der Waals surface area contributed by atoms with Gasteiger partial charge in [-0.25, -0.2) is 0 Å². The van der Waals surface area contributed by atoms with Gasteiger partial charge in [0.05, 0.1) is 12.8 Å². The second kappa shape index (κ2) is 8.26. The molecular formula is C18H16ClN5O2. The van der Waals surface area contributed by atoms with E-state index >= 15 is 0 Å². The first kappa shape index (κ1) is 17.6. The number of pyridine rings is 1. The average Bonchev–Trinajstić information content (AvgIpc) is 2.68. The Hall–Kier alpha value is -3.19. The van der Waals surface area contributed by atoms with Crippen LogP contribution in [0.15, 0.2) is 54.9 Å². The second-order valence-electron chi connectivity index (χ2n) is 5.31. The summed E-state index contributed by atoms with van der Waals surface area (Å²) in [7, 11) is 1.52. The van der Waals surface area contributed by atoms with Crippen molar-refractivity contribution in [3.8, 4) is 5.75 Å². The van der Waals surface area contributed by atoms with Crippen molar-refractivity contribution in [1.82, 2.24) is 15.2 Å². The summed E-state index contributed by atoms with van der Waals surface area (Å²) in [6.45, 7) is 0.586. The van der Waals surface area contributed by atoms with E-state index in [1.807, 2.05) is 12.1 Å². The minimum atomic E-state index is -0.404. The highest BCUT2D eigenvalue weighted by atomic mass is 35.5. The summed E-state index contributed by atoms with van der Waals surface area (Å²) in [5.41, 5.74) is 1.71. The number of nitrogens with zero attached hydrogens (tertiary/aromatic N) is 3. The summed E-state index contributed by atoms with van der Waals surface area (Å²) in [6, 6.07) is 12.1. The maximum atomic E-state index is 12.3. The molecule has 8 heteroatoms. The molecule has 0 atom stereocenters. The van der Waals surface area contributed by atoms with Gasteiger partial charge in [-0.1, -0.05) is 11.6 Å². The Kier molecular flexibility index (Phi) is 5.60. The van der Waals surface area contributed by atoms with E-state index in [9.17, 15) is 4.79 Å². The van der Waals surface area contributed by atoms with Crippen molar-refractivity contribution in [1.29, 1.82) is 0 Å². The largest absolute Gasteiger partial charge is 0.495 e. The normalized spacial score (nSPS) is 10.2. The molecule has 2 heterocycles. The van der Waals surface area contributed by atoms with Gasteiger partial charge in [0, 0.05) is 24.0 Å². The monoisotopic (exact) mass is 369 g/mol. The van der Waals surface area contributed by atoms with Gasteiger partial charge in [0.25, 0.3) is 5.91 Å². The lowest BCUT2D eigenvalue weighted by molar-refractivity contribution is 0.102. The molecule has 3 rings (SSSR count). The molecule has 0 saturated carbocycles. The van der Waals surface area contributed by atoms with Crippen LogP contribution in [0.1, 0.15) is 16.1 Å². The molecular weight excluding hydrogens is 354 g/mol. The van der Waals surface area contributed by atoms with Crippen molar-refractivity contribution in [3.63, 3.8) is 0 Å². The van der Waals surface area contributed by atoms with E-state index in [4.69, 9.17) is 16.3 Å². The van der Waals surface area contributed by atoms with Gasteiger partial charge in [-0.15, -0.1) is 10.2 Å². The molecule has 0 saturated heterocycles. The van der Waals surface area contributed by atoms with Crippen LogP contribution in [0.2, 0.25) is 5.02 Å². The molecule has 1 amide bonds. The number of amides is 1. The summed E-state index contributed by atoms with van der Waals surface area (Å²) in [5.74, 6) is 0.670. The quantitative estimate of drug-likeness (QED) is 0.692. The highest BCUT2D eigenvalue weighted by Gasteiger charge is 2.12. The minimum Gasteiger partial charge on any atom is -0.495 e. The molecule has 0 aliphatic heterocycles. The van der Waals surface area contributed by atoms with Crippen LogP contribution in [0.25, 0.3) is 0 Å². The molecule has 2 aromatic heterocycles. The number of carbonyl (C=O) groups excluding carboxylic acids is 1. The molecule has 132 valence electrons. The molecule has 0 fully saturated rings. The van der Waals surface area contributed by atoms with Gasteiger partial charge < -0.3 is 15.4 Å². The third kappa shape index (κ3) is 4.46. The predicted molar refractivity (Wildman–Crippen MR) is 99.6 cm³/mol. The molecule has 7 nitrogen and oxygen atoms in total. The van der Waals surface area contributed by atoms with E-state index < -0.39 is 5.91 Å². The summed E-state index contributed by atoms with van der Waals surface area (Å²) in [6.07, 6.45) is 3.44. The van der Waals surface area contributed by atoms with E-state index in [1.165, 1.54) is 7.11 Å². The number of rotatable bonds is 6. The molecule has 0 bridgehead atoms. The topological polar surface area (TPSA) is 89.0 Å². The fraction of sp³-hybridized carbons (Fsp3) is 0.111. The maximum Gasteiger partial charge on any atom is 0.276 e. The number of nitrogens with one attached hydrogen (secondary N) is 2. The average molecular weight is 370 g/mol. The first-order valence-corrected chi connectivity index (χ1v) is 8.15. The summed E-state index contributed by atoms with van der Waals surface area (Å²) in [5, 5.41) is 14.3. The lowest BCUT2D eigenvalue weighted by atomic mass is 10.2.